The highest BCUT2D eigenvalue weighted by atomic mass is 32.2. The van der Waals surface area contributed by atoms with Gasteiger partial charge < -0.3 is 14.8 Å². The standard InChI is InChI=1S/C21H26N2O6S/c1-4-29-19-13-8-7-12-18(19)23(30(3,26)27)15-9-14-20(24)22-17-11-6-5-10-16(17)21(25)28-2/h5-8,10-13H,4,9,14-15H2,1-3H3,(H,22,24). The van der Waals surface area contributed by atoms with Crippen LogP contribution in [0, 0.1) is 0 Å². The summed E-state index contributed by atoms with van der Waals surface area (Å²) in [7, 11) is -2.31. The predicted octanol–water partition coefficient (Wildman–Crippen LogP) is 3.06. The van der Waals surface area contributed by atoms with Crippen LogP contribution < -0.4 is 14.4 Å². The second-order valence-corrected chi connectivity index (χ2v) is 8.33. The van der Waals surface area contributed by atoms with Crippen molar-refractivity contribution < 1.29 is 27.5 Å². The molecule has 0 heterocycles. The van der Waals surface area contributed by atoms with E-state index in [9.17, 15) is 18.0 Å². The number of sulfonamides is 1. The third-order valence-corrected chi connectivity index (χ3v) is 5.39. The molecule has 0 saturated carbocycles. The molecule has 162 valence electrons. The molecular weight excluding hydrogens is 408 g/mol. The number of esters is 1. The van der Waals surface area contributed by atoms with Crippen LogP contribution in [-0.4, -0.2) is 46.8 Å². The first-order valence-electron chi connectivity index (χ1n) is 9.44. The first kappa shape index (κ1) is 23.2. The summed E-state index contributed by atoms with van der Waals surface area (Å²) in [6.45, 7) is 2.32. The fourth-order valence-electron chi connectivity index (χ4n) is 2.88. The molecule has 8 nitrogen and oxygen atoms in total. The smallest absolute Gasteiger partial charge is 0.339 e. The van der Waals surface area contributed by atoms with Crippen LogP contribution in [0.4, 0.5) is 11.4 Å². The van der Waals surface area contributed by atoms with Crippen LogP contribution in [0.1, 0.15) is 30.1 Å². The molecular formula is C21H26N2O6S. The molecule has 1 N–H and O–H groups in total. The lowest BCUT2D eigenvalue weighted by Crippen LogP contribution is -2.32. The maximum absolute atomic E-state index is 12.4. The minimum Gasteiger partial charge on any atom is -0.492 e. The van der Waals surface area contributed by atoms with Gasteiger partial charge in [0.15, 0.2) is 0 Å². The Morgan fingerprint density at radius 3 is 2.40 bits per heavy atom. The minimum atomic E-state index is -3.58. The number of hydrogen-bond acceptors (Lipinski definition) is 6. The van der Waals surface area contributed by atoms with Crippen molar-refractivity contribution in [2.45, 2.75) is 19.8 Å². The average Bonchev–Trinajstić information content (AvgIpc) is 2.71. The number of hydrogen-bond donors (Lipinski definition) is 1. The Morgan fingerprint density at radius 2 is 1.73 bits per heavy atom. The summed E-state index contributed by atoms with van der Waals surface area (Å²) < 4.78 is 36.1. The van der Waals surface area contributed by atoms with E-state index in [-0.39, 0.29) is 30.9 Å². The van der Waals surface area contributed by atoms with E-state index in [1.807, 2.05) is 6.92 Å². The molecule has 2 rings (SSSR count). The van der Waals surface area contributed by atoms with Gasteiger partial charge in [0.2, 0.25) is 15.9 Å². The summed E-state index contributed by atoms with van der Waals surface area (Å²) in [5, 5.41) is 2.68. The molecule has 0 spiro atoms. The van der Waals surface area contributed by atoms with Gasteiger partial charge in [0.25, 0.3) is 0 Å². The Labute approximate surface area is 176 Å². The number of rotatable bonds is 10. The highest BCUT2D eigenvalue weighted by Crippen LogP contribution is 2.30. The molecule has 0 aliphatic carbocycles. The number of carbonyl (C=O) groups excluding carboxylic acids is 2. The zero-order valence-electron chi connectivity index (χ0n) is 17.3. The van der Waals surface area contributed by atoms with Crippen LogP contribution in [0.3, 0.4) is 0 Å². The lowest BCUT2D eigenvalue weighted by molar-refractivity contribution is -0.116. The van der Waals surface area contributed by atoms with Crippen molar-refractivity contribution in [3.8, 4) is 5.75 Å². The third-order valence-electron chi connectivity index (χ3n) is 4.21. The van der Waals surface area contributed by atoms with Crippen LogP contribution in [-0.2, 0) is 19.6 Å². The van der Waals surface area contributed by atoms with Crippen LogP contribution in [0.2, 0.25) is 0 Å². The monoisotopic (exact) mass is 434 g/mol. The van der Waals surface area contributed by atoms with E-state index >= 15 is 0 Å². The Balaban J connectivity index is 2.07. The second kappa shape index (κ2) is 10.6. The molecule has 0 atom stereocenters. The van der Waals surface area contributed by atoms with Crippen LogP contribution >= 0.6 is 0 Å². The zero-order valence-corrected chi connectivity index (χ0v) is 18.1. The van der Waals surface area contributed by atoms with Crippen LogP contribution in [0.25, 0.3) is 0 Å². The molecule has 9 heteroatoms. The summed E-state index contributed by atoms with van der Waals surface area (Å²) in [6, 6.07) is 13.4. The molecule has 0 bridgehead atoms. The summed E-state index contributed by atoms with van der Waals surface area (Å²) in [4.78, 5) is 24.2. The van der Waals surface area contributed by atoms with E-state index < -0.39 is 16.0 Å². The first-order valence-corrected chi connectivity index (χ1v) is 11.3. The maximum Gasteiger partial charge on any atom is 0.339 e. The number of nitrogens with one attached hydrogen (secondary N) is 1. The van der Waals surface area contributed by atoms with Gasteiger partial charge in [-0.3, -0.25) is 9.10 Å². The summed E-state index contributed by atoms with van der Waals surface area (Å²) >= 11 is 0. The normalized spacial score (nSPS) is 10.9. The van der Waals surface area contributed by atoms with Crippen molar-refractivity contribution in [2.24, 2.45) is 0 Å². The Kier molecular flexibility index (Phi) is 8.23. The number of anilines is 2. The van der Waals surface area contributed by atoms with Crippen molar-refractivity contribution in [3.05, 3.63) is 54.1 Å². The minimum absolute atomic E-state index is 0.0678. The fourth-order valence-corrected chi connectivity index (χ4v) is 3.85. The molecule has 0 saturated heterocycles. The van der Waals surface area contributed by atoms with Gasteiger partial charge in [-0.1, -0.05) is 24.3 Å². The van der Waals surface area contributed by atoms with Gasteiger partial charge in [-0.25, -0.2) is 13.2 Å². The molecule has 2 aromatic carbocycles. The van der Waals surface area contributed by atoms with Crippen molar-refractivity contribution in [3.63, 3.8) is 0 Å². The second-order valence-electron chi connectivity index (χ2n) is 6.42. The molecule has 30 heavy (non-hydrogen) atoms. The van der Waals surface area contributed by atoms with Crippen molar-refractivity contribution >= 4 is 33.3 Å². The van der Waals surface area contributed by atoms with Crippen molar-refractivity contribution in [2.75, 3.05) is 36.1 Å². The molecule has 0 fully saturated rings. The van der Waals surface area contributed by atoms with Gasteiger partial charge >= 0.3 is 5.97 Å². The van der Waals surface area contributed by atoms with E-state index in [0.717, 1.165) is 6.26 Å². The fraction of sp³-hybridized carbons (Fsp3) is 0.333. The molecule has 0 aromatic heterocycles. The number of amides is 1. The Hall–Kier alpha value is -3.07. The predicted molar refractivity (Wildman–Crippen MR) is 115 cm³/mol. The largest absolute Gasteiger partial charge is 0.492 e. The summed E-state index contributed by atoms with van der Waals surface area (Å²) in [5.41, 5.74) is 1.02. The molecule has 1 amide bonds. The SMILES string of the molecule is CCOc1ccccc1N(CCCC(=O)Nc1ccccc1C(=O)OC)S(C)(=O)=O. The lowest BCUT2D eigenvalue weighted by atomic mass is 10.1. The molecule has 0 aliphatic heterocycles. The van der Waals surface area contributed by atoms with Gasteiger partial charge in [0, 0.05) is 13.0 Å². The third kappa shape index (κ3) is 6.21. The number of ether oxygens (including phenoxy) is 2. The molecule has 0 unspecified atom stereocenters. The number of nitrogens with zero attached hydrogens (tertiary/aromatic N) is 1. The number of carbonyl (C=O) groups is 2. The molecule has 2 aromatic rings. The Morgan fingerprint density at radius 1 is 1.07 bits per heavy atom. The van der Waals surface area contributed by atoms with Crippen molar-refractivity contribution in [1.82, 2.24) is 0 Å². The van der Waals surface area contributed by atoms with Gasteiger partial charge in [-0.05, 0) is 37.6 Å². The maximum atomic E-state index is 12.4. The van der Waals surface area contributed by atoms with Gasteiger partial charge in [-0.2, -0.15) is 0 Å². The van der Waals surface area contributed by atoms with E-state index in [0.29, 0.717) is 23.7 Å². The highest BCUT2D eigenvalue weighted by Gasteiger charge is 2.21. The average molecular weight is 435 g/mol. The number of methoxy groups -OCH3 is 1. The molecule has 0 radical (unpaired) electrons. The summed E-state index contributed by atoms with van der Waals surface area (Å²) in [6.07, 6.45) is 1.46. The Bertz CT molecular complexity index is 990. The van der Waals surface area contributed by atoms with Gasteiger partial charge in [0.05, 0.1) is 36.9 Å². The topological polar surface area (TPSA) is 102 Å². The zero-order chi connectivity index (χ0) is 22.1. The van der Waals surface area contributed by atoms with Crippen molar-refractivity contribution in [1.29, 1.82) is 0 Å². The number of benzene rings is 2. The first-order chi connectivity index (χ1) is 14.3. The molecule has 0 aliphatic rings. The lowest BCUT2D eigenvalue weighted by Gasteiger charge is -2.24. The van der Waals surface area contributed by atoms with E-state index in [1.54, 1.807) is 48.5 Å². The van der Waals surface area contributed by atoms with E-state index in [4.69, 9.17) is 9.47 Å². The van der Waals surface area contributed by atoms with E-state index in [1.165, 1.54) is 11.4 Å². The van der Waals surface area contributed by atoms with Gasteiger partial charge in [-0.15, -0.1) is 0 Å². The highest BCUT2D eigenvalue weighted by molar-refractivity contribution is 7.92. The van der Waals surface area contributed by atoms with E-state index in [2.05, 4.69) is 5.32 Å². The van der Waals surface area contributed by atoms with Crippen LogP contribution in [0.15, 0.2) is 48.5 Å². The van der Waals surface area contributed by atoms with Crippen LogP contribution in [0.5, 0.6) is 5.75 Å². The van der Waals surface area contributed by atoms with Gasteiger partial charge in [0.1, 0.15) is 5.75 Å². The summed E-state index contributed by atoms with van der Waals surface area (Å²) in [5.74, 6) is -0.429. The quantitative estimate of drug-likeness (QED) is 0.577. The number of para-hydroxylation sites is 3.